The van der Waals surface area contributed by atoms with E-state index in [0.717, 1.165) is 54.2 Å². The Kier molecular flexibility index (Phi) is 5.62. The molecule has 7 nitrogen and oxygen atoms in total. The van der Waals surface area contributed by atoms with Crippen LogP contribution in [0.3, 0.4) is 0 Å². The van der Waals surface area contributed by atoms with Gasteiger partial charge in [-0.1, -0.05) is 23.7 Å². The summed E-state index contributed by atoms with van der Waals surface area (Å²) in [6.45, 7) is 5.24. The van der Waals surface area contributed by atoms with Crippen molar-refractivity contribution < 1.29 is 0 Å². The van der Waals surface area contributed by atoms with Crippen LogP contribution in [0.15, 0.2) is 53.7 Å². The van der Waals surface area contributed by atoms with Crippen molar-refractivity contribution in [1.82, 2.24) is 25.2 Å². The third kappa shape index (κ3) is 4.20. The van der Waals surface area contributed by atoms with Crippen molar-refractivity contribution in [2.45, 2.75) is 25.9 Å². The maximum atomic E-state index is 6.13. The first-order valence-electron chi connectivity index (χ1n) is 9.57. The minimum Gasteiger partial charge on any atom is -0.369 e. The fourth-order valence-electron chi connectivity index (χ4n) is 3.45. The zero-order valence-electron chi connectivity index (χ0n) is 15.8. The molecule has 1 aliphatic rings. The van der Waals surface area contributed by atoms with Crippen LogP contribution in [0.25, 0.3) is 5.65 Å². The lowest BCUT2D eigenvalue weighted by molar-refractivity contribution is 0.648. The van der Waals surface area contributed by atoms with Crippen LogP contribution in [-0.2, 0) is 6.54 Å². The zero-order valence-corrected chi connectivity index (χ0v) is 16.6. The Morgan fingerprint density at radius 3 is 3.04 bits per heavy atom. The third-order valence-corrected chi connectivity index (χ3v) is 5.04. The molecule has 0 saturated carbocycles. The summed E-state index contributed by atoms with van der Waals surface area (Å²) >= 11 is 6.13. The van der Waals surface area contributed by atoms with Crippen LogP contribution in [0, 0.1) is 0 Å². The predicted octanol–water partition coefficient (Wildman–Crippen LogP) is 2.72. The molecule has 146 valence electrons. The summed E-state index contributed by atoms with van der Waals surface area (Å²) < 4.78 is 1.96. The van der Waals surface area contributed by atoms with Gasteiger partial charge >= 0.3 is 0 Å². The summed E-state index contributed by atoms with van der Waals surface area (Å²) in [7, 11) is 0. The van der Waals surface area contributed by atoms with E-state index in [0.29, 0.717) is 12.6 Å². The number of hydrogen-bond acceptors (Lipinski definition) is 4. The number of fused-ring (bicyclic) bond motifs is 1. The molecule has 1 fully saturated rings. The topological polar surface area (TPSA) is 69.8 Å². The van der Waals surface area contributed by atoms with Gasteiger partial charge in [-0.15, -0.1) is 10.2 Å². The second-order valence-corrected chi connectivity index (χ2v) is 7.23. The van der Waals surface area contributed by atoms with Crippen LogP contribution in [0.2, 0.25) is 5.02 Å². The Bertz CT molecular complexity index is 968. The number of anilines is 1. The van der Waals surface area contributed by atoms with Crippen LogP contribution >= 0.6 is 11.6 Å². The van der Waals surface area contributed by atoms with E-state index in [1.165, 1.54) is 0 Å². The number of benzene rings is 1. The molecule has 28 heavy (non-hydrogen) atoms. The van der Waals surface area contributed by atoms with Crippen molar-refractivity contribution in [3.8, 4) is 0 Å². The average molecular weight is 398 g/mol. The molecule has 1 aromatic carbocycles. The minimum absolute atomic E-state index is 0.326. The first-order valence-corrected chi connectivity index (χ1v) is 9.94. The monoisotopic (exact) mass is 397 g/mol. The molecule has 4 rings (SSSR count). The standard InChI is InChI=1S/C20H24ClN7/c1-2-22-20(23-13-19-26-25-18-8-3-4-10-28(18)19)24-16-9-11-27(14-16)17-7-5-6-15(21)12-17/h3-8,10,12,16H,2,9,11,13-14H2,1H3,(H2,22,23,24). The fraction of sp³-hybridized carbons (Fsp3) is 0.350. The van der Waals surface area contributed by atoms with Gasteiger partial charge in [0.1, 0.15) is 6.54 Å². The van der Waals surface area contributed by atoms with E-state index in [1.807, 2.05) is 47.0 Å². The number of nitrogens with zero attached hydrogens (tertiary/aromatic N) is 5. The van der Waals surface area contributed by atoms with Gasteiger partial charge in [0.2, 0.25) is 0 Å². The molecule has 0 aliphatic carbocycles. The molecule has 3 heterocycles. The normalized spacial score (nSPS) is 17.3. The Morgan fingerprint density at radius 2 is 2.18 bits per heavy atom. The molecule has 1 atom stereocenters. The SMILES string of the molecule is CCNC(=NCc1nnc2ccccn12)NC1CCN(c2cccc(Cl)c2)C1. The number of aromatic nitrogens is 3. The van der Waals surface area contributed by atoms with Crippen LogP contribution in [-0.4, -0.2) is 46.2 Å². The van der Waals surface area contributed by atoms with Gasteiger partial charge in [0.25, 0.3) is 0 Å². The van der Waals surface area contributed by atoms with Crippen LogP contribution in [0.4, 0.5) is 5.69 Å². The predicted molar refractivity (Wildman–Crippen MR) is 113 cm³/mol. The number of rotatable bonds is 5. The number of aliphatic imine (C=N–C) groups is 1. The highest BCUT2D eigenvalue weighted by Gasteiger charge is 2.23. The van der Waals surface area contributed by atoms with E-state index < -0.39 is 0 Å². The molecule has 2 N–H and O–H groups in total. The molecule has 0 bridgehead atoms. The van der Waals surface area contributed by atoms with Gasteiger partial charge in [-0.2, -0.15) is 0 Å². The fourth-order valence-corrected chi connectivity index (χ4v) is 3.63. The number of halogens is 1. The zero-order chi connectivity index (χ0) is 19.3. The summed E-state index contributed by atoms with van der Waals surface area (Å²) in [5, 5.41) is 16.1. The second kappa shape index (κ2) is 8.48. The Hall–Kier alpha value is -2.80. The van der Waals surface area contributed by atoms with Crippen molar-refractivity contribution in [3.63, 3.8) is 0 Å². The second-order valence-electron chi connectivity index (χ2n) is 6.80. The lowest BCUT2D eigenvalue weighted by Gasteiger charge is -2.20. The smallest absolute Gasteiger partial charge is 0.191 e. The van der Waals surface area contributed by atoms with E-state index in [2.05, 4.69) is 38.7 Å². The van der Waals surface area contributed by atoms with Crippen molar-refractivity contribution >= 4 is 28.9 Å². The summed E-state index contributed by atoms with van der Waals surface area (Å²) in [6.07, 6.45) is 3.01. The van der Waals surface area contributed by atoms with Gasteiger partial charge in [0.15, 0.2) is 17.4 Å². The highest BCUT2D eigenvalue weighted by atomic mass is 35.5. The molecule has 0 radical (unpaired) electrons. The van der Waals surface area contributed by atoms with Gasteiger partial charge < -0.3 is 15.5 Å². The highest BCUT2D eigenvalue weighted by Crippen LogP contribution is 2.23. The van der Waals surface area contributed by atoms with Gasteiger partial charge in [-0.25, -0.2) is 4.99 Å². The lowest BCUT2D eigenvalue weighted by Crippen LogP contribution is -2.44. The maximum Gasteiger partial charge on any atom is 0.191 e. The van der Waals surface area contributed by atoms with E-state index >= 15 is 0 Å². The van der Waals surface area contributed by atoms with E-state index in [1.54, 1.807) is 0 Å². The van der Waals surface area contributed by atoms with Crippen molar-refractivity contribution in [2.24, 2.45) is 4.99 Å². The van der Waals surface area contributed by atoms with E-state index in [9.17, 15) is 0 Å². The van der Waals surface area contributed by atoms with Gasteiger partial charge in [0, 0.05) is 42.6 Å². The molecular weight excluding hydrogens is 374 g/mol. The number of hydrogen-bond donors (Lipinski definition) is 2. The Balaban J connectivity index is 1.41. The highest BCUT2D eigenvalue weighted by molar-refractivity contribution is 6.30. The molecule has 1 saturated heterocycles. The summed E-state index contributed by atoms with van der Waals surface area (Å²) in [4.78, 5) is 7.06. The molecule has 0 amide bonds. The molecule has 1 aliphatic heterocycles. The first-order chi connectivity index (χ1) is 13.7. The summed E-state index contributed by atoms with van der Waals surface area (Å²) in [6, 6.07) is 14.2. The molecular formula is C20H24ClN7. The summed E-state index contributed by atoms with van der Waals surface area (Å²) in [5.41, 5.74) is 1.99. The van der Waals surface area contributed by atoms with E-state index in [-0.39, 0.29) is 0 Å². The maximum absolute atomic E-state index is 6.13. The third-order valence-electron chi connectivity index (χ3n) is 4.81. The molecule has 2 aromatic heterocycles. The van der Waals surface area contributed by atoms with Crippen molar-refractivity contribution in [1.29, 1.82) is 0 Å². The molecule has 0 spiro atoms. The Labute approximate surface area is 169 Å². The first kappa shape index (κ1) is 18.6. The van der Waals surface area contributed by atoms with Gasteiger partial charge in [-0.3, -0.25) is 4.40 Å². The molecule has 8 heteroatoms. The van der Waals surface area contributed by atoms with Crippen LogP contribution < -0.4 is 15.5 Å². The quantitative estimate of drug-likeness (QED) is 0.511. The summed E-state index contributed by atoms with van der Waals surface area (Å²) in [5.74, 6) is 1.62. The van der Waals surface area contributed by atoms with Crippen molar-refractivity contribution in [2.75, 3.05) is 24.5 Å². The van der Waals surface area contributed by atoms with Crippen molar-refractivity contribution in [3.05, 3.63) is 59.5 Å². The molecule has 3 aromatic rings. The van der Waals surface area contributed by atoms with Gasteiger partial charge in [-0.05, 0) is 43.7 Å². The van der Waals surface area contributed by atoms with Gasteiger partial charge in [0.05, 0.1) is 0 Å². The van der Waals surface area contributed by atoms with Crippen LogP contribution in [0.5, 0.6) is 0 Å². The number of pyridine rings is 1. The Morgan fingerprint density at radius 1 is 1.25 bits per heavy atom. The van der Waals surface area contributed by atoms with E-state index in [4.69, 9.17) is 16.6 Å². The molecule has 1 unspecified atom stereocenters. The lowest BCUT2D eigenvalue weighted by atomic mass is 10.3. The minimum atomic E-state index is 0.326. The number of nitrogens with one attached hydrogen (secondary N) is 2. The number of guanidine groups is 1. The van der Waals surface area contributed by atoms with Crippen LogP contribution in [0.1, 0.15) is 19.2 Å². The largest absolute Gasteiger partial charge is 0.369 e. The average Bonchev–Trinajstić information content (AvgIpc) is 3.33.